The van der Waals surface area contributed by atoms with Crippen LogP contribution < -0.4 is 4.90 Å². The fourth-order valence-electron chi connectivity index (χ4n) is 4.00. The first-order valence-corrected chi connectivity index (χ1v) is 9.82. The normalized spacial score (nSPS) is 21.5. The maximum atomic E-state index is 12.7. The number of nitrogens with zero attached hydrogens (tertiary/aromatic N) is 1. The number of ether oxygens (including phenoxy) is 1. The van der Waals surface area contributed by atoms with Gasteiger partial charge in [-0.15, -0.1) is 0 Å². The summed E-state index contributed by atoms with van der Waals surface area (Å²) in [6.07, 6.45) is 3.47. The summed E-state index contributed by atoms with van der Waals surface area (Å²) in [5.74, 6) is -1.25. The van der Waals surface area contributed by atoms with Crippen LogP contribution in [-0.4, -0.2) is 17.8 Å². The van der Waals surface area contributed by atoms with E-state index in [4.69, 9.17) is 16.3 Å². The molecule has 28 heavy (non-hydrogen) atoms. The molecule has 4 rings (SSSR count). The number of carbonyl (C=O) groups is 3. The minimum absolute atomic E-state index is 0.117. The van der Waals surface area contributed by atoms with E-state index in [1.165, 1.54) is 4.90 Å². The Morgan fingerprint density at radius 3 is 2.29 bits per heavy atom. The fraction of sp³-hybridized carbons (Fsp3) is 0.318. The van der Waals surface area contributed by atoms with Crippen LogP contribution in [0.2, 0.25) is 5.02 Å². The largest absolute Gasteiger partial charge is 0.457 e. The van der Waals surface area contributed by atoms with E-state index in [9.17, 15) is 14.4 Å². The maximum absolute atomic E-state index is 12.7. The molecule has 0 unspecified atom stereocenters. The number of anilines is 1. The Kier molecular flexibility index (Phi) is 5.18. The van der Waals surface area contributed by atoms with E-state index in [0.717, 1.165) is 31.2 Å². The van der Waals surface area contributed by atoms with E-state index >= 15 is 0 Å². The molecule has 1 aliphatic carbocycles. The van der Waals surface area contributed by atoms with Crippen molar-refractivity contribution in [2.75, 3.05) is 4.90 Å². The molecule has 0 bridgehead atoms. The molecular weight excluding hydrogens is 378 g/mol. The molecule has 0 N–H and O–H groups in total. The second kappa shape index (κ2) is 7.76. The number of rotatable bonds is 4. The first kappa shape index (κ1) is 18.7. The summed E-state index contributed by atoms with van der Waals surface area (Å²) < 4.78 is 5.35. The van der Waals surface area contributed by atoms with Crippen molar-refractivity contribution in [3.63, 3.8) is 0 Å². The van der Waals surface area contributed by atoms with Crippen LogP contribution in [-0.2, 0) is 20.9 Å². The Bertz CT molecular complexity index is 900. The molecule has 0 aromatic heterocycles. The van der Waals surface area contributed by atoms with Gasteiger partial charge in [0.15, 0.2) is 0 Å². The second-order valence-corrected chi connectivity index (χ2v) is 7.70. The van der Waals surface area contributed by atoms with Crippen LogP contribution >= 0.6 is 11.6 Å². The standard InChI is InChI=1S/C22H20ClNO4/c23-16-10-8-14(9-11-16)13-28-22(27)15-4-3-5-17(12-15)24-20(25)18-6-1-2-7-19(18)21(24)26/h3-5,8-12,18-19H,1-2,6-7,13H2/t18-,19-/m0/s1. The van der Waals surface area contributed by atoms with E-state index in [1.807, 2.05) is 0 Å². The van der Waals surface area contributed by atoms with Crippen molar-refractivity contribution < 1.29 is 19.1 Å². The number of hydrogen-bond donors (Lipinski definition) is 0. The lowest BCUT2D eigenvalue weighted by atomic mass is 9.81. The van der Waals surface area contributed by atoms with Crippen LogP contribution in [0.4, 0.5) is 5.69 Å². The van der Waals surface area contributed by atoms with Gasteiger partial charge < -0.3 is 4.74 Å². The predicted molar refractivity (Wildman–Crippen MR) is 105 cm³/mol. The number of esters is 1. The molecule has 1 saturated carbocycles. The highest BCUT2D eigenvalue weighted by Crippen LogP contribution is 2.40. The zero-order valence-electron chi connectivity index (χ0n) is 15.3. The molecule has 2 atom stereocenters. The monoisotopic (exact) mass is 397 g/mol. The number of fused-ring (bicyclic) bond motifs is 1. The van der Waals surface area contributed by atoms with E-state index in [2.05, 4.69) is 0 Å². The summed E-state index contributed by atoms with van der Waals surface area (Å²) in [6, 6.07) is 13.6. The lowest BCUT2D eigenvalue weighted by Crippen LogP contribution is -2.31. The molecule has 6 heteroatoms. The molecule has 5 nitrogen and oxygen atoms in total. The van der Waals surface area contributed by atoms with Gasteiger partial charge in [-0.25, -0.2) is 4.79 Å². The van der Waals surface area contributed by atoms with Gasteiger partial charge in [0.05, 0.1) is 23.1 Å². The summed E-state index contributed by atoms with van der Waals surface area (Å²) in [5, 5.41) is 0.614. The first-order valence-electron chi connectivity index (χ1n) is 9.44. The van der Waals surface area contributed by atoms with E-state index in [1.54, 1.807) is 48.5 Å². The minimum Gasteiger partial charge on any atom is -0.457 e. The van der Waals surface area contributed by atoms with Gasteiger partial charge in [0, 0.05) is 5.02 Å². The molecular formula is C22H20ClNO4. The quantitative estimate of drug-likeness (QED) is 0.567. The Labute approximate surface area is 168 Å². The number of hydrogen-bond acceptors (Lipinski definition) is 4. The van der Waals surface area contributed by atoms with Gasteiger partial charge in [0.2, 0.25) is 11.8 Å². The van der Waals surface area contributed by atoms with Gasteiger partial charge in [-0.05, 0) is 48.7 Å². The number of imide groups is 1. The van der Waals surface area contributed by atoms with Crippen molar-refractivity contribution in [2.24, 2.45) is 11.8 Å². The molecule has 0 spiro atoms. The average molecular weight is 398 g/mol. The van der Waals surface area contributed by atoms with E-state index in [0.29, 0.717) is 16.3 Å². The van der Waals surface area contributed by atoms with Crippen molar-refractivity contribution in [3.05, 3.63) is 64.7 Å². The fourth-order valence-corrected chi connectivity index (χ4v) is 4.13. The first-order chi connectivity index (χ1) is 13.5. The van der Waals surface area contributed by atoms with Gasteiger partial charge >= 0.3 is 5.97 Å². The summed E-state index contributed by atoms with van der Waals surface area (Å²) >= 11 is 5.85. The number of carbonyl (C=O) groups excluding carboxylic acids is 3. The third-order valence-corrected chi connectivity index (χ3v) is 5.72. The van der Waals surface area contributed by atoms with Gasteiger partial charge in [-0.1, -0.05) is 42.6 Å². The zero-order valence-corrected chi connectivity index (χ0v) is 16.0. The van der Waals surface area contributed by atoms with Gasteiger partial charge in [-0.2, -0.15) is 0 Å². The lowest BCUT2D eigenvalue weighted by Gasteiger charge is -2.19. The maximum Gasteiger partial charge on any atom is 0.338 e. The van der Waals surface area contributed by atoms with Crippen LogP contribution in [0.3, 0.4) is 0 Å². The van der Waals surface area contributed by atoms with Crippen molar-refractivity contribution in [2.45, 2.75) is 32.3 Å². The van der Waals surface area contributed by atoms with Gasteiger partial charge in [0.25, 0.3) is 0 Å². The number of halogens is 1. The number of amides is 2. The highest BCUT2D eigenvalue weighted by atomic mass is 35.5. The number of benzene rings is 2. The summed E-state index contributed by atoms with van der Waals surface area (Å²) in [4.78, 5) is 39.2. The van der Waals surface area contributed by atoms with Gasteiger partial charge in [-0.3, -0.25) is 14.5 Å². The van der Waals surface area contributed by atoms with E-state index in [-0.39, 0.29) is 30.3 Å². The van der Waals surface area contributed by atoms with Crippen LogP contribution in [0.15, 0.2) is 48.5 Å². The minimum atomic E-state index is -0.506. The molecule has 1 heterocycles. The molecule has 2 aromatic rings. The molecule has 144 valence electrons. The molecule has 2 aliphatic rings. The summed E-state index contributed by atoms with van der Waals surface area (Å²) in [6.45, 7) is 0.117. The highest BCUT2D eigenvalue weighted by molar-refractivity contribution is 6.30. The Hall–Kier alpha value is -2.66. The SMILES string of the molecule is O=C(OCc1ccc(Cl)cc1)c1cccc(N2C(=O)[C@H]3CCCC[C@@H]3C2=O)c1. The van der Waals surface area contributed by atoms with Crippen LogP contribution in [0.1, 0.15) is 41.6 Å². The molecule has 2 amide bonds. The average Bonchev–Trinajstić information content (AvgIpc) is 2.98. The highest BCUT2D eigenvalue weighted by Gasteiger charge is 2.48. The zero-order chi connectivity index (χ0) is 19.7. The Morgan fingerprint density at radius 1 is 1.00 bits per heavy atom. The summed E-state index contributed by atoms with van der Waals surface area (Å²) in [7, 11) is 0. The van der Waals surface area contributed by atoms with Crippen LogP contribution in [0.25, 0.3) is 0 Å². The van der Waals surface area contributed by atoms with Crippen LogP contribution in [0.5, 0.6) is 0 Å². The van der Waals surface area contributed by atoms with E-state index < -0.39 is 5.97 Å². The molecule has 0 radical (unpaired) electrons. The smallest absolute Gasteiger partial charge is 0.338 e. The third kappa shape index (κ3) is 3.54. The van der Waals surface area contributed by atoms with Gasteiger partial charge in [0.1, 0.15) is 6.61 Å². The predicted octanol–water partition coefficient (Wildman–Crippen LogP) is 4.38. The molecule has 1 aliphatic heterocycles. The van der Waals surface area contributed by atoms with Crippen molar-refractivity contribution in [1.29, 1.82) is 0 Å². The van der Waals surface area contributed by atoms with Crippen molar-refractivity contribution >= 4 is 35.1 Å². The topological polar surface area (TPSA) is 63.7 Å². The second-order valence-electron chi connectivity index (χ2n) is 7.26. The summed E-state index contributed by atoms with van der Waals surface area (Å²) in [5.41, 5.74) is 1.56. The Morgan fingerprint density at radius 2 is 1.64 bits per heavy atom. The van der Waals surface area contributed by atoms with Crippen molar-refractivity contribution in [3.8, 4) is 0 Å². The molecule has 2 fully saturated rings. The molecule has 2 aromatic carbocycles. The van der Waals surface area contributed by atoms with Crippen molar-refractivity contribution in [1.82, 2.24) is 0 Å². The lowest BCUT2D eigenvalue weighted by molar-refractivity contribution is -0.122. The molecule has 1 saturated heterocycles. The third-order valence-electron chi connectivity index (χ3n) is 5.46. The Balaban J connectivity index is 1.49. The van der Waals surface area contributed by atoms with Crippen LogP contribution in [0, 0.1) is 11.8 Å².